The maximum Gasteiger partial charge on any atom is 0.244 e. The van der Waals surface area contributed by atoms with Crippen molar-refractivity contribution >= 4 is 10.0 Å². The summed E-state index contributed by atoms with van der Waals surface area (Å²) in [7, 11) is -2.25. The van der Waals surface area contributed by atoms with Crippen LogP contribution in [0.1, 0.15) is 25.8 Å². The van der Waals surface area contributed by atoms with Crippen LogP contribution in [0.3, 0.4) is 0 Å². The lowest BCUT2D eigenvalue weighted by atomic mass is 10.2. The van der Waals surface area contributed by atoms with Crippen molar-refractivity contribution in [3.63, 3.8) is 0 Å². The average molecular weight is 297 g/mol. The maximum absolute atomic E-state index is 12.3. The molecular weight excluding hydrogens is 278 g/mol. The molecular formula is C14H19NO4S. The van der Waals surface area contributed by atoms with Crippen LogP contribution in [-0.2, 0) is 10.0 Å². The van der Waals surface area contributed by atoms with Crippen LogP contribution < -0.4 is 9.46 Å². The van der Waals surface area contributed by atoms with Crippen molar-refractivity contribution in [3.8, 4) is 17.6 Å². The molecule has 5 nitrogen and oxygen atoms in total. The number of aliphatic hydroxyl groups is 1. The first-order valence-corrected chi connectivity index (χ1v) is 7.73. The Morgan fingerprint density at radius 3 is 2.70 bits per heavy atom. The van der Waals surface area contributed by atoms with Gasteiger partial charge in [0.1, 0.15) is 17.3 Å². The normalized spacial score (nSPS) is 12.4. The van der Waals surface area contributed by atoms with Gasteiger partial charge in [-0.05, 0) is 31.5 Å². The topological polar surface area (TPSA) is 75.6 Å². The van der Waals surface area contributed by atoms with Gasteiger partial charge in [-0.15, -0.1) is 0 Å². The zero-order valence-corrected chi connectivity index (χ0v) is 12.6. The number of nitrogens with one attached hydrogen (secondary N) is 1. The van der Waals surface area contributed by atoms with Crippen LogP contribution in [0.25, 0.3) is 0 Å². The molecule has 0 bridgehead atoms. The molecule has 0 fully saturated rings. The quantitative estimate of drug-likeness (QED) is 0.799. The molecule has 0 radical (unpaired) electrons. The summed E-state index contributed by atoms with van der Waals surface area (Å²) in [6.45, 7) is 3.41. The Labute approximate surface area is 120 Å². The van der Waals surface area contributed by atoms with Crippen molar-refractivity contribution in [1.82, 2.24) is 4.72 Å². The molecule has 1 rings (SSSR count). The van der Waals surface area contributed by atoms with E-state index in [1.165, 1.54) is 13.2 Å². The maximum atomic E-state index is 12.3. The summed E-state index contributed by atoms with van der Waals surface area (Å²) >= 11 is 0. The molecule has 20 heavy (non-hydrogen) atoms. The van der Waals surface area contributed by atoms with E-state index in [1.807, 2.05) is 6.92 Å². The van der Waals surface area contributed by atoms with Gasteiger partial charge in [-0.3, -0.25) is 0 Å². The zero-order chi connectivity index (χ0) is 15.2. The summed E-state index contributed by atoms with van der Waals surface area (Å²) in [5, 5.41) is 8.68. The van der Waals surface area contributed by atoms with Crippen LogP contribution in [0.5, 0.6) is 5.75 Å². The van der Waals surface area contributed by atoms with E-state index >= 15 is 0 Å². The van der Waals surface area contributed by atoms with Gasteiger partial charge in [0.2, 0.25) is 10.0 Å². The Morgan fingerprint density at radius 2 is 2.15 bits per heavy atom. The average Bonchev–Trinajstić information content (AvgIpc) is 2.44. The van der Waals surface area contributed by atoms with Crippen LogP contribution in [0.2, 0.25) is 0 Å². The Hall–Kier alpha value is -1.55. The molecule has 0 aliphatic rings. The summed E-state index contributed by atoms with van der Waals surface area (Å²) in [6, 6.07) is 4.46. The number of sulfonamides is 1. The lowest BCUT2D eigenvalue weighted by Crippen LogP contribution is -2.32. The van der Waals surface area contributed by atoms with Gasteiger partial charge < -0.3 is 9.84 Å². The Morgan fingerprint density at radius 1 is 1.45 bits per heavy atom. The van der Waals surface area contributed by atoms with Gasteiger partial charge in [0.05, 0.1) is 7.11 Å². The molecule has 0 saturated heterocycles. The van der Waals surface area contributed by atoms with Crippen LogP contribution in [0.4, 0.5) is 0 Å². The van der Waals surface area contributed by atoms with Crippen molar-refractivity contribution in [2.75, 3.05) is 13.7 Å². The van der Waals surface area contributed by atoms with Crippen molar-refractivity contribution in [2.24, 2.45) is 0 Å². The standard InChI is InChI=1S/C14H19NO4S/c1-4-11(2)15-20(17,18)14-10-12(6-5-9-16)7-8-13(14)19-3/h7-8,10-11,15-16H,4,9H2,1-3H3. The van der Waals surface area contributed by atoms with Gasteiger partial charge in [-0.1, -0.05) is 18.8 Å². The third-order valence-electron chi connectivity index (χ3n) is 2.73. The second-order valence-corrected chi connectivity index (χ2v) is 5.94. The van der Waals surface area contributed by atoms with Crippen molar-refractivity contribution in [1.29, 1.82) is 0 Å². The first kappa shape index (κ1) is 16.5. The van der Waals surface area contributed by atoms with Crippen LogP contribution >= 0.6 is 0 Å². The predicted molar refractivity (Wildman–Crippen MR) is 77.0 cm³/mol. The van der Waals surface area contributed by atoms with E-state index in [0.29, 0.717) is 12.0 Å². The first-order valence-electron chi connectivity index (χ1n) is 6.24. The smallest absolute Gasteiger partial charge is 0.244 e. The van der Waals surface area contributed by atoms with Gasteiger partial charge in [-0.2, -0.15) is 0 Å². The molecule has 1 aromatic rings. The van der Waals surface area contributed by atoms with Crippen molar-refractivity contribution in [3.05, 3.63) is 23.8 Å². The number of rotatable bonds is 5. The SMILES string of the molecule is CCC(C)NS(=O)(=O)c1cc(C#CCO)ccc1OC. The number of hydrogen-bond acceptors (Lipinski definition) is 4. The molecule has 0 saturated carbocycles. The summed E-state index contributed by atoms with van der Waals surface area (Å²) in [5.41, 5.74) is 0.504. The molecule has 110 valence electrons. The minimum Gasteiger partial charge on any atom is -0.495 e. The Kier molecular flexibility index (Phi) is 6.02. The molecule has 0 spiro atoms. The molecule has 1 atom stereocenters. The number of ether oxygens (including phenoxy) is 1. The molecule has 0 aromatic heterocycles. The van der Waals surface area contributed by atoms with Gasteiger partial charge >= 0.3 is 0 Å². The van der Waals surface area contributed by atoms with E-state index in [-0.39, 0.29) is 23.3 Å². The number of hydrogen-bond donors (Lipinski definition) is 2. The number of methoxy groups -OCH3 is 1. The molecule has 0 amide bonds. The molecule has 0 aliphatic carbocycles. The highest BCUT2D eigenvalue weighted by Crippen LogP contribution is 2.24. The van der Waals surface area contributed by atoms with Crippen molar-refractivity contribution in [2.45, 2.75) is 31.2 Å². The van der Waals surface area contributed by atoms with E-state index in [0.717, 1.165) is 0 Å². The molecule has 2 N–H and O–H groups in total. The second-order valence-electron chi connectivity index (χ2n) is 4.26. The summed E-state index contributed by atoms with van der Waals surface area (Å²) in [5.74, 6) is 5.42. The molecule has 0 aliphatic heterocycles. The van der Waals surface area contributed by atoms with Crippen molar-refractivity contribution < 1.29 is 18.3 Å². The summed E-state index contributed by atoms with van der Waals surface area (Å²) in [6.07, 6.45) is 0.686. The highest BCUT2D eigenvalue weighted by atomic mass is 32.2. The lowest BCUT2D eigenvalue weighted by molar-refractivity contribution is 0.350. The summed E-state index contributed by atoms with van der Waals surface area (Å²) < 4.78 is 32.3. The monoisotopic (exact) mass is 297 g/mol. The fourth-order valence-corrected chi connectivity index (χ4v) is 3.04. The van der Waals surface area contributed by atoms with E-state index < -0.39 is 10.0 Å². The minimum atomic E-state index is -3.67. The fourth-order valence-electron chi connectivity index (χ4n) is 1.52. The van der Waals surface area contributed by atoms with E-state index in [2.05, 4.69) is 16.6 Å². The van der Waals surface area contributed by atoms with Crippen LogP contribution in [0, 0.1) is 11.8 Å². The van der Waals surface area contributed by atoms with E-state index in [1.54, 1.807) is 19.1 Å². The van der Waals surface area contributed by atoms with E-state index in [9.17, 15) is 8.42 Å². The highest BCUT2D eigenvalue weighted by molar-refractivity contribution is 7.89. The van der Waals surface area contributed by atoms with Gasteiger partial charge in [0.25, 0.3) is 0 Å². The van der Waals surface area contributed by atoms with Gasteiger partial charge in [0.15, 0.2) is 0 Å². The Bertz CT molecular complexity index is 614. The number of aliphatic hydroxyl groups excluding tert-OH is 1. The van der Waals surface area contributed by atoms with Crippen LogP contribution in [0.15, 0.2) is 23.1 Å². The first-order chi connectivity index (χ1) is 9.44. The minimum absolute atomic E-state index is 0.0463. The Balaban J connectivity index is 3.26. The lowest BCUT2D eigenvalue weighted by Gasteiger charge is -2.14. The van der Waals surface area contributed by atoms with Gasteiger partial charge in [-0.25, -0.2) is 13.1 Å². The fraction of sp³-hybridized carbons (Fsp3) is 0.429. The molecule has 1 aromatic carbocycles. The predicted octanol–water partition coefficient (Wildman–Crippen LogP) is 1.12. The largest absolute Gasteiger partial charge is 0.495 e. The van der Waals surface area contributed by atoms with Crippen LogP contribution in [-0.4, -0.2) is 33.3 Å². The van der Waals surface area contributed by atoms with Gasteiger partial charge in [0, 0.05) is 11.6 Å². The zero-order valence-electron chi connectivity index (χ0n) is 11.8. The third kappa shape index (κ3) is 4.23. The molecule has 1 unspecified atom stereocenters. The van der Waals surface area contributed by atoms with E-state index in [4.69, 9.17) is 9.84 Å². The number of benzene rings is 1. The third-order valence-corrected chi connectivity index (χ3v) is 4.34. The summed E-state index contributed by atoms with van der Waals surface area (Å²) in [4.78, 5) is 0.0463. The highest BCUT2D eigenvalue weighted by Gasteiger charge is 2.21. The second kappa shape index (κ2) is 7.29. The molecule has 0 heterocycles. The molecule has 6 heteroatoms.